The first-order valence-electron chi connectivity index (χ1n) is 6.73. The Morgan fingerprint density at radius 1 is 1.35 bits per heavy atom. The van der Waals surface area contributed by atoms with Crippen LogP contribution in [0.1, 0.15) is 16.7 Å². The van der Waals surface area contributed by atoms with E-state index in [0.29, 0.717) is 17.8 Å². The predicted molar refractivity (Wildman–Crippen MR) is 82.3 cm³/mol. The number of benzene rings is 2. The summed E-state index contributed by atoms with van der Waals surface area (Å²) in [7, 11) is 1.49. The zero-order chi connectivity index (χ0) is 16.8. The summed E-state index contributed by atoms with van der Waals surface area (Å²) in [6.07, 6.45) is 0. The number of ether oxygens (including phenoxy) is 1. The van der Waals surface area contributed by atoms with E-state index in [1.807, 2.05) is 0 Å². The molecular weight excluding hydrogens is 301 g/mol. The molecule has 0 aromatic heterocycles. The molecule has 0 radical (unpaired) electrons. The van der Waals surface area contributed by atoms with Gasteiger partial charge < -0.3 is 10.1 Å². The standard InChI is InChI=1S/C16H14FN3O3/c1-23-10-13-6-11(2-4-15(13)17)9-19-14-3-5-16(20(21)22)12(7-14)8-18/h2-7,19H,9-10H2,1H3. The van der Waals surface area contributed by atoms with Crippen molar-refractivity contribution in [3.63, 3.8) is 0 Å². The second-order valence-corrected chi connectivity index (χ2v) is 4.81. The molecule has 2 rings (SSSR count). The lowest BCUT2D eigenvalue weighted by atomic mass is 10.1. The Morgan fingerprint density at radius 2 is 2.13 bits per heavy atom. The van der Waals surface area contributed by atoms with Gasteiger partial charge in [0.05, 0.1) is 11.5 Å². The molecule has 0 spiro atoms. The maximum absolute atomic E-state index is 13.5. The van der Waals surface area contributed by atoms with Gasteiger partial charge >= 0.3 is 0 Å². The van der Waals surface area contributed by atoms with Crippen LogP contribution in [0.2, 0.25) is 0 Å². The van der Waals surface area contributed by atoms with E-state index < -0.39 is 4.92 Å². The minimum atomic E-state index is -0.598. The van der Waals surface area contributed by atoms with Gasteiger partial charge in [0.2, 0.25) is 0 Å². The second kappa shape index (κ2) is 7.33. The summed E-state index contributed by atoms with van der Waals surface area (Å²) in [4.78, 5) is 10.2. The number of nitro groups is 1. The SMILES string of the molecule is COCc1cc(CNc2ccc([N+](=O)[O-])c(C#N)c2)ccc1F. The molecule has 2 aromatic rings. The molecule has 0 saturated carbocycles. The molecule has 0 aliphatic carbocycles. The minimum Gasteiger partial charge on any atom is -0.381 e. The Bertz CT molecular complexity index is 772. The van der Waals surface area contributed by atoms with Crippen molar-refractivity contribution < 1.29 is 14.1 Å². The van der Waals surface area contributed by atoms with Gasteiger partial charge in [0.25, 0.3) is 5.69 Å². The van der Waals surface area contributed by atoms with Crippen LogP contribution >= 0.6 is 0 Å². The molecule has 0 bridgehead atoms. The van der Waals surface area contributed by atoms with Crippen molar-refractivity contribution in [2.24, 2.45) is 0 Å². The Kier molecular flexibility index (Phi) is 5.23. The first kappa shape index (κ1) is 16.4. The Balaban J connectivity index is 2.14. The van der Waals surface area contributed by atoms with Crippen LogP contribution in [0, 0.1) is 27.3 Å². The number of hydrogen-bond acceptors (Lipinski definition) is 5. The highest BCUT2D eigenvalue weighted by atomic mass is 19.1. The van der Waals surface area contributed by atoms with Crippen LogP contribution in [0.5, 0.6) is 0 Å². The molecule has 0 aliphatic heterocycles. The summed E-state index contributed by atoms with van der Waals surface area (Å²) in [5, 5.41) is 22.8. The summed E-state index contributed by atoms with van der Waals surface area (Å²) < 4.78 is 18.5. The molecule has 0 aliphatic rings. The monoisotopic (exact) mass is 315 g/mol. The largest absolute Gasteiger partial charge is 0.381 e. The lowest BCUT2D eigenvalue weighted by molar-refractivity contribution is -0.385. The molecule has 1 N–H and O–H groups in total. The van der Waals surface area contributed by atoms with Crippen molar-refractivity contribution >= 4 is 11.4 Å². The summed E-state index contributed by atoms with van der Waals surface area (Å²) in [6, 6.07) is 10.7. The minimum absolute atomic E-state index is 0.0146. The van der Waals surface area contributed by atoms with E-state index in [4.69, 9.17) is 10.00 Å². The van der Waals surface area contributed by atoms with Crippen molar-refractivity contribution in [1.29, 1.82) is 5.26 Å². The highest BCUT2D eigenvalue weighted by Gasteiger charge is 2.13. The smallest absolute Gasteiger partial charge is 0.287 e. The fourth-order valence-corrected chi connectivity index (χ4v) is 2.10. The highest BCUT2D eigenvalue weighted by molar-refractivity contribution is 5.58. The Hall–Kier alpha value is -2.98. The average Bonchev–Trinajstić information content (AvgIpc) is 2.55. The van der Waals surface area contributed by atoms with Crippen LogP contribution in [-0.2, 0) is 17.9 Å². The molecule has 7 heteroatoms. The predicted octanol–water partition coefficient (Wildman–Crippen LogP) is 3.36. The summed E-state index contributed by atoms with van der Waals surface area (Å²) in [5.74, 6) is -0.335. The topological polar surface area (TPSA) is 88.2 Å². The van der Waals surface area contributed by atoms with Gasteiger partial charge in [0, 0.05) is 31.0 Å². The third-order valence-electron chi connectivity index (χ3n) is 3.22. The van der Waals surface area contributed by atoms with Gasteiger partial charge in [0.15, 0.2) is 0 Å². The number of nitrogens with zero attached hydrogens (tertiary/aromatic N) is 2. The molecular formula is C16H14FN3O3. The molecule has 118 valence electrons. The van der Waals surface area contributed by atoms with E-state index >= 15 is 0 Å². The summed E-state index contributed by atoms with van der Waals surface area (Å²) >= 11 is 0. The fourth-order valence-electron chi connectivity index (χ4n) is 2.10. The van der Waals surface area contributed by atoms with Gasteiger partial charge in [-0.3, -0.25) is 10.1 Å². The third kappa shape index (κ3) is 4.02. The van der Waals surface area contributed by atoms with Crippen molar-refractivity contribution in [3.8, 4) is 6.07 Å². The number of nitrogens with one attached hydrogen (secondary N) is 1. The second-order valence-electron chi connectivity index (χ2n) is 4.81. The Labute approximate surface area is 132 Å². The van der Waals surface area contributed by atoms with Gasteiger partial charge in [-0.2, -0.15) is 5.26 Å². The van der Waals surface area contributed by atoms with E-state index in [-0.39, 0.29) is 23.7 Å². The molecule has 0 saturated heterocycles. The molecule has 6 nitrogen and oxygen atoms in total. The van der Waals surface area contributed by atoms with Gasteiger partial charge in [-0.05, 0) is 29.8 Å². The van der Waals surface area contributed by atoms with E-state index in [0.717, 1.165) is 5.56 Å². The van der Waals surface area contributed by atoms with E-state index in [2.05, 4.69) is 5.32 Å². The fraction of sp³-hybridized carbons (Fsp3) is 0.188. The zero-order valence-electron chi connectivity index (χ0n) is 12.4. The number of nitriles is 1. The van der Waals surface area contributed by atoms with Gasteiger partial charge in [0.1, 0.15) is 17.4 Å². The maximum Gasteiger partial charge on any atom is 0.287 e. The summed E-state index contributed by atoms with van der Waals surface area (Å²) in [5.41, 5.74) is 1.61. The van der Waals surface area contributed by atoms with Crippen LogP contribution < -0.4 is 5.32 Å². The molecule has 2 aromatic carbocycles. The van der Waals surface area contributed by atoms with Crippen LogP contribution in [0.15, 0.2) is 36.4 Å². The van der Waals surface area contributed by atoms with Crippen LogP contribution in [0.4, 0.5) is 15.8 Å². The van der Waals surface area contributed by atoms with Crippen molar-refractivity contribution in [2.75, 3.05) is 12.4 Å². The molecule has 23 heavy (non-hydrogen) atoms. The van der Waals surface area contributed by atoms with E-state index in [9.17, 15) is 14.5 Å². The lowest BCUT2D eigenvalue weighted by Gasteiger charge is -2.09. The highest BCUT2D eigenvalue weighted by Crippen LogP contribution is 2.22. The van der Waals surface area contributed by atoms with Crippen molar-refractivity contribution in [1.82, 2.24) is 0 Å². The Morgan fingerprint density at radius 3 is 2.78 bits per heavy atom. The van der Waals surface area contributed by atoms with E-state index in [1.54, 1.807) is 18.2 Å². The number of nitro benzene ring substituents is 1. The zero-order valence-corrected chi connectivity index (χ0v) is 12.4. The van der Waals surface area contributed by atoms with Gasteiger partial charge in [-0.15, -0.1) is 0 Å². The van der Waals surface area contributed by atoms with Crippen LogP contribution in [0.3, 0.4) is 0 Å². The van der Waals surface area contributed by atoms with Crippen molar-refractivity contribution in [3.05, 3.63) is 69.0 Å². The average molecular weight is 315 g/mol. The van der Waals surface area contributed by atoms with E-state index in [1.165, 1.54) is 31.4 Å². The normalized spacial score (nSPS) is 10.1. The molecule has 0 amide bonds. The first-order valence-corrected chi connectivity index (χ1v) is 6.73. The van der Waals surface area contributed by atoms with Crippen molar-refractivity contribution in [2.45, 2.75) is 13.2 Å². The van der Waals surface area contributed by atoms with Gasteiger partial charge in [-0.1, -0.05) is 6.07 Å². The number of anilines is 1. The number of hydrogen-bond donors (Lipinski definition) is 1. The third-order valence-corrected chi connectivity index (χ3v) is 3.22. The maximum atomic E-state index is 13.5. The molecule has 0 unspecified atom stereocenters. The quantitative estimate of drug-likeness (QED) is 0.652. The van der Waals surface area contributed by atoms with Crippen LogP contribution in [0.25, 0.3) is 0 Å². The number of methoxy groups -OCH3 is 1. The number of rotatable bonds is 6. The molecule has 0 atom stereocenters. The first-order chi connectivity index (χ1) is 11.0. The lowest BCUT2D eigenvalue weighted by Crippen LogP contribution is -2.02. The van der Waals surface area contributed by atoms with Gasteiger partial charge in [-0.25, -0.2) is 4.39 Å². The number of halogens is 1. The van der Waals surface area contributed by atoms with Crippen LogP contribution in [-0.4, -0.2) is 12.0 Å². The molecule has 0 heterocycles. The molecule has 0 fully saturated rings. The summed E-state index contributed by atoms with van der Waals surface area (Å²) in [6.45, 7) is 0.565.